The molecule has 2 heterocycles. The second-order valence-corrected chi connectivity index (χ2v) is 5.79. The molecule has 3 aromatic rings. The molecule has 0 spiro atoms. The molecule has 1 N–H and O–H groups in total. The number of carbonyl (C=O) groups excluding carboxylic acids is 1. The van der Waals surface area contributed by atoms with E-state index in [1.165, 1.54) is 6.33 Å². The van der Waals surface area contributed by atoms with Crippen molar-refractivity contribution >= 4 is 11.7 Å². The van der Waals surface area contributed by atoms with Gasteiger partial charge >= 0.3 is 0 Å². The van der Waals surface area contributed by atoms with Crippen LogP contribution in [0.4, 0.5) is 5.82 Å². The molecular weight excluding hydrogens is 374 g/mol. The molecule has 1 aromatic carbocycles. The van der Waals surface area contributed by atoms with Gasteiger partial charge in [-0.1, -0.05) is 0 Å². The first-order chi connectivity index (χ1) is 14.2. The molecule has 152 valence electrons. The number of anilines is 1. The van der Waals surface area contributed by atoms with Crippen molar-refractivity contribution in [2.75, 3.05) is 25.1 Å². The van der Waals surface area contributed by atoms with E-state index in [-0.39, 0.29) is 5.91 Å². The number of benzene rings is 1. The van der Waals surface area contributed by atoms with E-state index in [4.69, 9.17) is 14.2 Å². The third-order valence-corrected chi connectivity index (χ3v) is 3.83. The fourth-order valence-corrected chi connectivity index (χ4v) is 2.66. The van der Waals surface area contributed by atoms with Gasteiger partial charge in [0, 0.05) is 24.0 Å². The Balaban J connectivity index is 1.89. The molecule has 0 radical (unpaired) electrons. The summed E-state index contributed by atoms with van der Waals surface area (Å²) in [6, 6.07) is 4.91. The Morgan fingerprint density at radius 3 is 2.28 bits per heavy atom. The Morgan fingerprint density at radius 1 is 1.00 bits per heavy atom. The number of nitrogens with one attached hydrogen (secondary N) is 1. The second-order valence-electron chi connectivity index (χ2n) is 5.79. The number of hydrogen-bond acceptors (Lipinski definition) is 7. The fraction of sp³-hybridized carbons (Fsp3) is 0.300. The zero-order chi connectivity index (χ0) is 20.6. The maximum Gasteiger partial charge on any atom is 0.257 e. The highest BCUT2D eigenvalue weighted by molar-refractivity contribution is 6.04. The Morgan fingerprint density at radius 2 is 1.69 bits per heavy atom. The molecule has 0 saturated carbocycles. The Labute approximate surface area is 168 Å². The number of hydrogen-bond donors (Lipinski definition) is 1. The van der Waals surface area contributed by atoms with Gasteiger partial charge in [0.05, 0.1) is 19.8 Å². The van der Waals surface area contributed by atoms with Gasteiger partial charge in [-0.3, -0.25) is 9.36 Å². The number of rotatable bonds is 9. The summed E-state index contributed by atoms with van der Waals surface area (Å²) in [6.45, 7) is 6.90. The van der Waals surface area contributed by atoms with Crippen LogP contribution in [0.3, 0.4) is 0 Å². The van der Waals surface area contributed by atoms with E-state index in [0.717, 1.165) is 0 Å². The van der Waals surface area contributed by atoms with Gasteiger partial charge in [0.2, 0.25) is 5.75 Å². The summed E-state index contributed by atoms with van der Waals surface area (Å²) in [6.07, 6.45) is 6.39. The number of imidazole rings is 1. The van der Waals surface area contributed by atoms with E-state index in [1.54, 1.807) is 41.5 Å². The van der Waals surface area contributed by atoms with Gasteiger partial charge in [0.1, 0.15) is 24.3 Å². The minimum Gasteiger partial charge on any atom is -0.490 e. The Bertz CT molecular complexity index is 932. The van der Waals surface area contributed by atoms with Crippen LogP contribution in [0.15, 0.2) is 43.2 Å². The number of aromatic nitrogens is 4. The van der Waals surface area contributed by atoms with Crippen LogP contribution in [0.2, 0.25) is 0 Å². The standard InChI is InChI=1S/C20H23N5O4/c1-4-27-15-9-14(10-16(28-5-2)19(15)29-6-3)20(26)24-17-11-18(23-12-22-17)25-8-7-21-13-25/h7-13H,4-6H2,1-3H3,(H,22,23,24,26). The summed E-state index contributed by atoms with van der Waals surface area (Å²) in [4.78, 5) is 25.1. The van der Waals surface area contributed by atoms with E-state index < -0.39 is 0 Å². The number of carbonyl (C=O) groups is 1. The Kier molecular flexibility index (Phi) is 6.62. The van der Waals surface area contributed by atoms with Crippen LogP contribution >= 0.6 is 0 Å². The van der Waals surface area contributed by atoms with E-state index in [1.807, 2.05) is 20.8 Å². The average molecular weight is 397 g/mol. The molecule has 9 heteroatoms. The molecule has 2 aromatic heterocycles. The molecule has 3 rings (SSSR count). The van der Waals surface area contributed by atoms with Crippen LogP contribution < -0.4 is 19.5 Å². The molecular formula is C20H23N5O4. The van der Waals surface area contributed by atoms with Gasteiger partial charge in [0.25, 0.3) is 5.91 Å². The van der Waals surface area contributed by atoms with E-state index in [9.17, 15) is 4.79 Å². The molecule has 0 atom stereocenters. The van der Waals surface area contributed by atoms with Crippen molar-refractivity contribution in [1.29, 1.82) is 0 Å². The lowest BCUT2D eigenvalue weighted by Gasteiger charge is -2.17. The molecule has 0 unspecified atom stereocenters. The van der Waals surface area contributed by atoms with Crippen LogP contribution in [0.1, 0.15) is 31.1 Å². The summed E-state index contributed by atoms with van der Waals surface area (Å²) >= 11 is 0. The predicted molar refractivity (Wildman–Crippen MR) is 107 cm³/mol. The lowest BCUT2D eigenvalue weighted by molar-refractivity contribution is 0.102. The number of nitrogens with zero attached hydrogens (tertiary/aromatic N) is 4. The van der Waals surface area contributed by atoms with Gasteiger partial charge in [-0.2, -0.15) is 0 Å². The van der Waals surface area contributed by atoms with Crippen molar-refractivity contribution in [2.45, 2.75) is 20.8 Å². The van der Waals surface area contributed by atoms with Gasteiger partial charge < -0.3 is 19.5 Å². The molecule has 29 heavy (non-hydrogen) atoms. The molecule has 1 amide bonds. The number of amides is 1. The normalized spacial score (nSPS) is 10.4. The third-order valence-electron chi connectivity index (χ3n) is 3.83. The van der Waals surface area contributed by atoms with Gasteiger partial charge in [-0.05, 0) is 32.9 Å². The van der Waals surface area contributed by atoms with Gasteiger partial charge in [-0.15, -0.1) is 0 Å². The maximum absolute atomic E-state index is 12.9. The fourth-order valence-electron chi connectivity index (χ4n) is 2.66. The molecule has 0 aliphatic heterocycles. The first kappa shape index (κ1) is 20.1. The monoisotopic (exact) mass is 397 g/mol. The smallest absolute Gasteiger partial charge is 0.257 e. The lowest BCUT2D eigenvalue weighted by Crippen LogP contribution is -2.14. The summed E-state index contributed by atoms with van der Waals surface area (Å²) in [5.74, 6) is 1.98. The highest BCUT2D eigenvalue weighted by Crippen LogP contribution is 2.39. The molecule has 0 bridgehead atoms. The topological polar surface area (TPSA) is 100 Å². The molecule has 0 aliphatic rings. The van der Waals surface area contributed by atoms with Crippen molar-refractivity contribution in [3.8, 4) is 23.1 Å². The van der Waals surface area contributed by atoms with Crippen LogP contribution in [-0.2, 0) is 0 Å². The first-order valence-electron chi connectivity index (χ1n) is 9.34. The van der Waals surface area contributed by atoms with Crippen LogP contribution in [0.5, 0.6) is 17.2 Å². The SMILES string of the molecule is CCOc1cc(C(=O)Nc2cc(-n3ccnc3)ncn2)cc(OCC)c1OCC. The van der Waals surface area contributed by atoms with E-state index in [2.05, 4.69) is 20.3 Å². The lowest BCUT2D eigenvalue weighted by atomic mass is 10.1. The maximum atomic E-state index is 12.9. The summed E-state index contributed by atoms with van der Waals surface area (Å²) in [7, 11) is 0. The molecule has 0 fully saturated rings. The van der Waals surface area contributed by atoms with Crippen molar-refractivity contribution in [3.63, 3.8) is 0 Å². The van der Waals surface area contributed by atoms with Crippen molar-refractivity contribution < 1.29 is 19.0 Å². The first-order valence-corrected chi connectivity index (χ1v) is 9.34. The highest BCUT2D eigenvalue weighted by Gasteiger charge is 2.19. The highest BCUT2D eigenvalue weighted by atomic mass is 16.5. The van der Waals surface area contributed by atoms with Gasteiger partial charge in [-0.25, -0.2) is 15.0 Å². The Hall–Kier alpha value is -3.62. The van der Waals surface area contributed by atoms with E-state index in [0.29, 0.717) is 54.3 Å². The van der Waals surface area contributed by atoms with Crippen LogP contribution in [0, 0.1) is 0 Å². The van der Waals surface area contributed by atoms with Crippen LogP contribution in [-0.4, -0.2) is 45.2 Å². The number of ether oxygens (including phenoxy) is 3. The van der Waals surface area contributed by atoms with Crippen molar-refractivity contribution in [1.82, 2.24) is 19.5 Å². The molecule has 0 aliphatic carbocycles. The quantitative estimate of drug-likeness (QED) is 0.592. The molecule has 0 saturated heterocycles. The van der Waals surface area contributed by atoms with Gasteiger partial charge in [0.15, 0.2) is 11.5 Å². The minimum atomic E-state index is -0.356. The van der Waals surface area contributed by atoms with Crippen LogP contribution in [0.25, 0.3) is 5.82 Å². The zero-order valence-electron chi connectivity index (χ0n) is 16.6. The summed E-state index contributed by atoms with van der Waals surface area (Å²) in [5.41, 5.74) is 0.364. The van der Waals surface area contributed by atoms with Crippen molar-refractivity contribution in [3.05, 3.63) is 48.8 Å². The average Bonchev–Trinajstić information content (AvgIpc) is 3.26. The molecule has 9 nitrogen and oxygen atoms in total. The summed E-state index contributed by atoms with van der Waals surface area (Å²) in [5, 5.41) is 2.77. The zero-order valence-corrected chi connectivity index (χ0v) is 16.6. The van der Waals surface area contributed by atoms with E-state index >= 15 is 0 Å². The second kappa shape index (κ2) is 9.54. The predicted octanol–water partition coefficient (Wildman–Crippen LogP) is 3.11. The third kappa shape index (κ3) is 4.81. The van der Waals surface area contributed by atoms with Crippen molar-refractivity contribution in [2.24, 2.45) is 0 Å². The largest absolute Gasteiger partial charge is 0.490 e. The minimum absolute atomic E-state index is 0.356. The summed E-state index contributed by atoms with van der Waals surface area (Å²) < 4.78 is 18.7.